The Morgan fingerprint density at radius 1 is 1.11 bits per heavy atom. The Balaban J connectivity index is 2.83. The third kappa shape index (κ3) is 5.20. The maximum atomic E-state index is 12.4. The van der Waals surface area contributed by atoms with Crippen molar-refractivity contribution in [2.45, 2.75) is 18.5 Å². The summed E-state index contributed by atoms with van der Waals surface area (Å²) in [4.78, 5) is 1.32. The molecule has 0 saturated heterocycles. The lowest BCUT2D eigenvalue weighted by Crippen LogP contribution is -2.45. The van der Waals surface area contributed by atoms with Crippen molar-refractivity contribution >= 4 is 0 Å². The Kier molecular flexibility index (Phi) is 5.38. The Morgan fingerprint density at radius 2 is 1.68 bits per heavy atom. The number of nitrogens with one attached hydrogen (secondary N) is 1. The molecule has 0 heterocycles. The molecule has 0 bridgehead atoms. The molecule has 1 unspecified atom stereocenters. The van der Waals surface area contributed by atoms with Crippen LogP contribution in [0, 0.1) is 0 Å². The molecule has 1 rings (SSSR count). The Hall–Kier alpha value is -1.07. The summed E-state index contributed by atoms with van der Waals surface area (Å²) < 4.78 is 37.2. The fourth-order valence-corrected chi connectivity index (χ4v) is 2.44. The number of alkyl halides is 3. The third-order valence-electron chi connectivity index (χ3n) is 3.11. The zero-order valence-electron chi connectivity index (χ0n) is 11.6. The largest absolute Gasteiger partial charge is 0.401 e. The number of halogens is 3. The number of hydrogen-bond donors (Lipinski definition) is 1. The molecule has 5 heteroatoms. The predicted molar refractivity (Wildman–Crippen MR) is 71.3 cm³/mol. The average Bonchev–Trinajstić information content (AvgIpc) is 2.27. The van der Waals surface area contributed by atoms with E-state index in [1.54, 1.807) is 0 Å². The summed E-state index contributed by atoms with van der Waals surface area (Å²) in [6.07, 6.45) is -4.16. The number of benzene rings is 1. The van der Waals surface area contributed by atoms with Gasteiger partial charge in [-0.3, -0.25) is 4.90 Å². The molecular weight excluding hydrogens is 253 g/mol. The molecule has 0 radical (unpaired) electrons. The van der Waals surface area contributed by atoms with Gasteiger partial charge in [-0.2, -0.15) is 13.2 Å². The molecule has 0 saturated carbocycles. The van der Waals surface area contributed by atoms with Crippen molar-refractivity contribution < 1.29 is 13.2 Å². The predicted octanol–water partition coefficient (Wildman–Crippen LogP) is 2.66. The highest BCUT2D eigenvalue weighted by Crippen LogP contribution is 2.25. The lowest BCUT2D eigenvalue weighted by molar-refractivity contribution is -0.144. The molecular formula is C14H21F3N2. The van der Waals surface area contributed by atoms with E-state index in [0.29, 0.717) is 13.1 Å². The van der Waals surface area contributed by atoms with Crippen molar-refractivity contribution in [1.82, 2.24) is 10.2 Å². The van der Waals surface area contributed by atoms with E-state index in [2.05, 4.69) is 5.32 Å². The molecule has 0 aromatic heterocycles. The molecule has 1 N–H and O–H groups in total. The monoisotopic (exact) mass is 274 g/mol. The summed E-state index contributed by atoms with van der Waals surface area (Å²) in [6.45, 7) is 2.06. The second-order valence-corrected chi connectivity index (χ2v) is 5.24. The van der Waals surface area contributed by atoms with Gasteiger partial charge in [0, 0.05) is 18.5 Å². The van der Waals surface area contributed by atoms with Crippen LogP contribution >= 0.6 is 0 Å². The topological polar surface area (TPSA) is 15.3 Å². The molecule has 2 nitrogen and oxygen atoms in total. The second-order valence-electron chi connectivity index (χ2n) is 5.24. The lowest BCUT2D eigenvalue weighted by Gasteiger charge is -2.34. The van der Waals surface area contributed by atoms with Gasteiger partial charge in [0.2, 0.25) is 0 Å². The summed E-state index contributed by atoms with van der Waals surface area (Å²) in [5.74, 6) is 0. The summed E-state index contributed by atoms with van der Waals surface area (Å²) in [7, 11) is 3.31. The van der Waals surface area contributed by atoms with Crippen molar-refractivity contribution in [3.63, 3.8) is 0 Å². The molecule has 19 heavy (non-hydrogen) atoms. The van der Waals surface area contributed by atoms with Gasteiger partial charge in [-0.25, -0.2) is 0 Å². The van der Waals surface area contributed by atoms with Gasteiger partial charge in [-0.15, -0.1) is 0 Å². The summed E-state index contributed by atoms with van der Waals surface area (Å²) >= 11 is 0. The summed E-state index contributed by atoms with van der Waals surface area (Å²) in [5.41, 5.74) is 0.689. The van der Waals surface area contributed by atoms with Crippen LogP contribution in [0.1, 0.15) is 12.5 Å². The molecule has 0 fully saturated rings. The maximum Gasteiger partial charge on any atom is 0.401 e. The summed E-state index contributed by atoms with van der Waals surface area (Å²) in [6, 6.07) is 9.64. The second kappa shape index (κ2) is 6.39. The zero-order valence-corrected chi connectivity index (χ0v) is 11.6. The van der Waals surface area contributed by atoms with E-state index in [4.69, 9.17) is 0 Å². The first-order valence-electron chi connectivity index (χ1n) is 6.22. The van der Waals surface area contributed by atoms with Gasteiger partial charge < -0.3 is 5.32 Å². The highest BCUT2D eigenvalue weighted by Gasteiger charge is 2.33. The minimum absolute atomic E-state index is 0.345. The first-order valence-corrected chi connectivity index (χ1v) is 6.22. The standard InChI is InChI=1S/C14H21F3N2/c1-13(9-18-2,12-7-5-4-6-8-12)10-19(3)11-14(15,16)17/h4-8,18H,9-11H2,1-3H3. The molecule has 0 aliphatic rings. The quantitative estimate of drug-likeness (QED) is 0.858. The maximum absolute atomic E-state index is 12.4. The van der Waals surface area contributed by atoms with Crippen molar-refractivity contribution in [3.8, 4) is 0 Å². The number of nitrogens with zero attached hydrogens (tertiary/aromatic N) is 1. The Bertz CT molecular complexity index is 378. The SMILES string of the molecule is CNCC(C)(CN(C)CC(F)(F)F)c1ccccc1. The molecule has 108 valence electrons. The van der Waals surface area contributed by atoms with Crippen molar-refractivity contribution in [2.75, 3.05) is 33.7 Å². The zero-order chi connectivity index (χ0) is 14.5. The van der Waals surface area contributed by atoms with Gasteiger partial charge in [-0.1, -0.05) is 37.3 Å². The molecule has 1 aromatic carbocycles. The van der Waals surface area contributed by atoms with Crippen LogP contribution in [0.25, 0.3) is 0 Å². The van der Waals surface area contributed by atoms with E-state index in [0.717, 1.165) is 5.56 Å². The van der Waals surface area contributed by atoms with Crippen LogP contribution in [-0.4, -0.2) is 44.8 Å². The van der Waals surface area contributed by atoms with Crippen LogP contribution < -0.4 is 5.32 Å². The third-order valence-corrected chi connectivity index (χ3v) is 3.11. The first-order chi connectivity index (χ1) is 8.77. The van der Waals surface area contributed by atoms with E-state index < -0.39 is 12.7 Å². The van der Waals surface area contributed by atoms with E-state index in [-0.39, 0.29) is 5.41 Å². The van der Waals surface area contributed by atoms with E-state index in [1.807, 2.05) is 44.3 Å². The summed E-state index contributed by atoms with van der Waals surface area (Å²) in [5, 5.41) is 3.07. The van der Waals surface area contributed by atoms with Crippen molar-refractivity contribution in [1.29, 1.82) is 0 Å². The minimum Gasteiger partial charge on any atom is -0.319 e. The smallest absolute Gasteiger partial charge is 0.319 e. The molecule has 0 amide bonds. The molecule has 1 atom stereocenters. The van der Waals surface area contributed by atoms with Crippen LogP contribution in [0.2, 0.25) is 0 Å². The van der Waals surface area contributed by atoms with Gasteiger partial charge in [-0.05, 0) is 19.7 Å². The lowest BCUT2D eigenvalue weighted by atomic mass is 9.82. The van der Waals surface area contributed by atoms with Crippen LogP contribution in [0.15, 0.2) is 30.3 Å². The van der Waals surface area contributed by atoms with Crippen LogP contribution in [0.3, 0.4) is 0 Å². The Labute approximate surface area is 112 Å². The van der Waals surface area contributed by atoms with Crippen LogP contribution in [0.5, 0.6) is 0 Å². The van der Waals surface area contributed by atoms with Crippen molar-refractivity contribution in [3.05, 3.63) is 35.9 Å². The van der Waals surface area contributed by atoms with Gasteiger partial charge in [0.05, 0.1) is 6.54 Å². The molecule has 0 spiro atoms. The highest BCUT2D eigenvalue weighted by atomic mass is 19.4. The van der Waals surface area contributed by atoms with Crippen LogP contribution in [0.4, 0.5) is 13.2 Å². The highest BCUT2D eigenvalue weighted by molar-refractivity contribution is 5.25. The average molecular weight is 274 g/mol. The van der Waals surface area contributed by atoms with Gasteiger partial charge in [0.15, 0.2) is 0 Å². The minimum atomic E-state index is -4.16. The van der Waals surface area contributed by atoms with Gasteiger partial charge >= 0.3 is 6.18 Å². The van der Waals surface area contributed by atoms with E-state index >= 15 is 0 Å². The Morgan fingerprint density at radius 3 is 2.16 bits per heavy atom. The van der Waals surface area contributed by atoms with Crippen molar-refractivity contribution in [2.24, 2.45) is 0 Å². The van der Waals surface area contributed by atoms with Gasteiger partial charge in [0.1, 0.15) is 0 Å². The number of hydrogen-bond acceptors (Lipinski definition) is 2. The number of rotatable bonds is 6. The first kappa shape index (κ1) is 16.0. The molecule has 0 aliphatic heterocycles. The van der Waals surface area contributed by atoms with Crippen LogP contribution in [-0.2, 0) is 5.41 Å². The number of likely N-dealkylation sites (N-methyl/N-ethyl adjacent to an activating group) is 2. The molecule has 0 aliphatic carbocycles. The van der Waals surface area contributed by atoms with Gasteiger partial charge in [0.25, 0.3) is 0 Å². The fraction of sp³-hybridized carbons (Fsp3) is 0.571. The fourth-order valence-electron chi connectivity index (χ4n) is 2.44. The van der Waals surface area contributed by atoms with E-state index in [1.165, 1.54) is 11.9 Å². The molecule has 1 aromatic rings. The normalized spacial score (nSPS) is 15.5. The van der Waals surface area contributed by atoms with E-state index in [9.17, 15) is 13.2 Å².